The van der Waals surface area contributed by atoms with Crippen LogP contribution in [0, 0.1) is 0 Å². The normalized spacial score (nSPS) is 12.0. The van der Waals surface area contributed by atoms with Gasteiger partial charge in [0, 0.05) is 6.61 Å². The van der Waals surface area contributed by atoms with Gasteiger partial charge in [-0.15, -0.1) is 0 Å². The predicted octanol–water partition coefficient (Wildman–Crippen LogP) is 2.62. The lowest BCUT2D eigenvalue weighted by Crippen LogP contribution is -2.25. The molecule has 0 saturated carbocycles. The van der Waals surface area contributed by atoms with Gasteiger partial charge in [0.1, 0.15) is 0 Å². The van der Waals surface area contributed by atoms with Gasteiger partial charge in [-0.1, -0.05) is 13.8 Å². The Morgan fingerprint density at radius 3 is 2.17 bits per heavy atom. The third-order valence-electron chi connectivity index (χ3n) is 1.92. The second kappa shape index (κ2) is 6.44. The van der Waals surface area contributed by atoms with Gasteiger partial charge in [-0.05, 0) is 26.7 Å². The molecule has 0 aromatic rings. The van der Waals surface area contributed by atoms with E-state index in [1.54, 1.807) is 0 Å². The Labute approximate surface area is 76.3 Å². The van der Waals surface area contributed by atoms with Crippen molar-refractivity contribution < 1.29 is 9.47 Å². The van der Waals surface area contributed by atoms with Crippen LogP contribution in [-0.4, -0.2) is 25.4 Å². The molecule has 0 rings (SSSR count). The van der Waals surface area contributed by atoms with E-state index in [1.165, 1.54) is 0 Å². The molecule has 0 saturated heterocycles. The molecule has 0 unspecified atom stereocenters. The Hall–Kier alpha value is -0.0800. The highest BCUT2D eigenvalue weighted by Gasteiger charge is 2.14. The summed E-state index contributed by atoms with van der Waals surface area (Å²) in [5.41, 5.74) is 0.00950. The fraction of sp³-hybridized carbons (Fsp3) is 1.00. The Bertz CT molecular complexity index is 100. The fourth-order valence-electron chi connectivity index (χ4n) is 0.725. The first-order valence-electron chi connectivity index (χ1n) is 4.84. The van der Waals surface area contributed by atoms with E-state index in [0.717, 1.165) is 26.1 Å². The summed E-state index contributed by atoms with van der Waals surface area (Å²) in [4.78, 5) is 0. The fourth-order valence-corrected chi connectivity index (χ4v) is 0.725. The molecule has 2 nitrogen and oxygen atoms in total. The average molecular weight is 174 g/mol. The molecular formula is C10H22O2. The van der Waals surface area contributed by atoms with E-state index in [2.05, 4.69) is 27.7 Å². The van der Waals surface area contributed by atoms with Crippen molar-refractivity contribution in [3.8, 4) is 0 Å². The molecule has 0 aromatic carbocycles. The Morgan fingerprint density at radius 2 is 1.67 bits per heavy atom. The summed E-state index contributed by atoms with van der Waals surface area (Å²) in [7, 11) is 0. The highest BCUT2D eigenvalue weighted by atomic mass is 16.5. The molecular weight excluding hydrogens is 152 g/mol. The summed E-state index contributed by atoms with van der Waals surface area (Å²) in [5, 5.41) is 0. The van der Waals surface area contributed by atoms with Gasteiger partial charge in [0.2, 0.25) is 0 Å². The molecule has 0 aliphatic rings. The number of hydrogen-bond acceptors (Lipinski definition) is 2. The van der Waals surface area contributed by atoms with Gasteiger partial charge in [-0.2, -0.15) is 0 Å². The molecule has 0 bridgehead atoms. The molecule has 0 aliphatic heterocycles. The van der Waals surface area contributed by atoms with Gasteiger partial charge >= 0.3 is 0 Å². The first-order valence-corrected chi connectivity index (χ1v) is 4.84. The van der Waals surface area contributed by atoms with E-state index in [1.807, 2.05) is 0 Å². The third kappa shape index (κ3) is 6.62. The summed E-state index contributed by atoms with van der Waals surface area (Å²) in [6.45, 7) is 10.7. The largest absolute Gasteiger partial charge is 0.379 e. The molecule has 0 N–H and O–H groups in total. The maximum absolute atomic E-state index is 5.60. The van der Waals surface area contributed by atoms with E-state index in [9.17, 15) is 0 Å². The van der Waals surface area contributed by atoms with Crippen molar-refractivity contribution in [1.29, 1.82) is 0 Å². The van der Waals surface area contributed by atoms with Crippen LogP contribution >= 0.6 is 0 Å². The van der Waals surface area contributed by atoms with Crippen LogP contribution in [0.25, 0.3) is 0 Å². The second-order valence-electron chi connectivity index (χ2n) is 3.57. The second-order valence-corrected chi connectivity index (χ2v) is 3.57. The zero-order chi connectivity index (χ0) is 9.45. The van der Waals surface area contributed by atoms with Crippen LogP contribution in [0.2, 0.25) is 0 Å². The molecule has 0 aromatic heterocycles. The molecule has 2 heteroatoms. The molecule has 0 heterocycles. The van der Waals surface area contributed by atoms with Gasteiger partial charge in [-0.3, -0.25) is 0 Å². The summed E-state index contributed by atoms with van der Waals surface area (Å²) in [5.74, 6) is 0. The standard InChI is InChI=1S/C10H22O2/c1-5-7-11-8-9-12-10(3,4)6-2/h5-9H2,1-4H3. The lowest BCUT2D eigenvalue weighted by molar-refractivity contribution is -0.0474. The van der Waals surface area contributed by atoms with Crippen LogP contribution in [-0.2, 0) is 9.47 Å². The zero-order valence-electron chi connectivity index (χ0n) is 8.85. The van der Waals surface area contributed by atoms with Crippen molar-refractivity contribution in [3.63, 3.8) is 0 Å². The first kappa shape index (κ1) is 11.9. The third-order valence-corrected chi connectivity index (χ3v) is 1.92. The summed E-state index contributed by atoms with van der Waals surface area (Å²) < 4.78 is 10.9. The van der Waals surface area contributed by atoms with Crippen molar-refractivity contribution in [3.05, 3.63) is 0 Å². The zero-order valence-corrected chi connectivity index (χ0v) is 8.85. The van der Waals surface area contributed by atoms with Crippen LogP contribution < -0.4 is 0 Å². The van der Waals surface area contributed by atoms with Crippen molar-refractivity contribution in [2.75, 3.05) is 19.8 Å². The highest BCUT2D eigenvalue weighted by Crippen LogP contribution is 2.12. The monoisotopic (exact) mass is 174 g/mol. The number of hydrogen-bond donors (Lipinski definition) is 0. The van der Waals surface area contributed by atoms with Crippen molar-refractivity contribution >= 4 is 0 Å². The molecule has 0 spiro atoms. The van der Waals surface area contributed by atoms with Gasteiger partial charge in [0.15, 0.2) is 0 Å². The Kier molecular flexibility index (Phi) is 6.39. The minimum atomic E-state index is 0.00950. The molecule has 0 atom stereocenters. The summed E-state index contributed by atoms with van der Waals surface area (Å²) in [6, 6.07) is 0. The predicted molar refractivity (Wildman–Crippen MR) is 51.4 cm³/mol. The topological polar surface area (TPSA) is 18.5 Å². The van der Waals surface area contributed by atoms with Crippen LogP contribution in [0.5, 0.6) is 0 Å². The van der Waals surface area contributed by atoms with E-state index < -0.39 is 0 Å². The highest BCUT2D eigenvalue weighted by molar-refractivity contribution is 4.64. The number of ether oxygens (including phenoxy) is 2. The molecule has 0 aliphatic carbocycles. The Balaban J connectivity index is 3.19. The van der Waals surface area contributed by atoms with Crippen molar-refractivity contribution in [2.24, 2.45) is 0 Å². The molecule has 12 heavy (non-hydrogen) atoms. The first-order chi connectivity index (χ1) is 5.62. The Morgan fingerprint density at radius 1 is 1.00 bits per heavy atom. The maximum atomic E-state index is 5.60. The minimum Gasteiger partial charge on any atom is -0.379 e. The molecule has 0 fully saturated rings. The minimum absolute atomic E-state index is 0.00950. The van der Waals surface area contributed by atoms with Crippen molar-refractivity contribution in [2.45, 2.75) is 46.1 Å². The lowest BCUT2D eigenvalue weighted by Gasteiger charge is -2.23. The van der Waals surface area contributed by atoms with Gasteiger partial charge < -0.3 is 9.47 Å². The summed E-state index contributed by atoms with van der Waals surface area (Å²) >= 11 is 0. The van der Waals surface area contributed by atoms with Crippen LogP contribution in [0.1, 0.15) is 40.5 Å². The van der Waals surface area contributed by atoms with E-state index >= 15 is 0 Å². The van der Waals surface area contributed by atoms with Crippen molar-refractivity contribution in [1.82, 2.24) is 0 Å². The van der Waals surface area contributed by atoms with E-state index in [-0.39, 0.29) is 5.60 Å². The lowest BCUT2D eigenvalue weighted by atomic mass is 10.1. The van der Waals surface area contributed by atoms with E-state index in [4.69, 9.17) is 9.47 Å². The summed E-state index contributed by atoms with van der Waals surface area (Å²) in [6.07, 6.45) is 2.12. The van der Waals surface area contributed by atoms with Gasteiger partial charge in [0.05, 0.1) is 18.8 Å². The van der Waals surface area contributed by atoms with Crippen LogP contribution in [0.4, 0.5) is 0 Å². The van der Waals surface area contributed by atoms with Gasteiger partial charge in [-0.25, -0.2) is 0 Å². The quantitative estimate of drug-likeness (QED) is 0.552. The smallest absolute Gasteiger partial charge is 0.0707 e. The molecule has 0 radical (unpaired) electrons. The SMILES string of the molecule is CCCOCCOC(C)(C)CC. The maximum Gasteiger partial charge on any atom is 0.0707 e. The van der Waals surface area contributed by atoms with Crippen LogP contribution in [0.3, 0.4) is 0 Å². The molecule has 0 amide bonds. The van der Waals surface area contributed by atoms with Gasteiger partial charge in [0.25, 0.3) is 0 Å². The van der Waals surface area contributed by atoms with E-state index in [0.29, 0.717) is 6.61 Å². The average Bonchev–Trinajstić information content (AvgIpc) is 2.04. The molecule has 74 valence electrons. The number of rotatable bonds is 7. The van der Waals surface area contributed by atoms with Crippen LogP contribution in [0.15, 0.2) is 0 Å².